The van der Waals surface area contributed by atoms with E-state index in [2.05, 4.69) is 21.1 Å². The summed E-state index contributed by atoms with van der Waals surface area (Å²) >= 11 is 0. The first kappa shape index (κ1) is 25.2. The van der Waals surface area contributed by atoms with Crippen molar-refractivity contribution in [3.05, 3.63) is 73.6 Å². The third kappa shape index (κ3) is 5.34. The van der Waals surface area contributed by atoms with Gasteiger partial charge in [0.1, 0.15) is 18.1 Å². The van der Waals surface area contributed by atoms with Gasteiger partial charge in [-0.1, -0.05) is 6.58 Å². The molecule has 3 aromatic heterocycles. The van der Waals surface area contributed by atoms with Crippen LogP contribution in [0.2, 0.25) is 0 Å². The van der Waals surface area contributed by atoms with E-state index in [9.17, 15) is 13.8 Å². The third-order valence-electron chi connectivity index (χ3n) is 5.47. The maximum atomic E-state index is 13.9. The zero-order valence-electron chi connectivity index (χ0n) is 19.3. The molecule has 10 nitrogen and oxygen atoms in total. The first-order valence-electron chi connectivity index (χ1n) is 10.5. The fraction of sp³-hybridized carbons (Fsp3) is 0.125. The number of hydrogen-bond donors (Lipinski definition) is 2. The fourth-order valence-electron chi connectivity index (χ4n) is 3.69. The van der Waals surface area contributed by atoms with Gasteiger partial charge in [0.15, 0.2) is 0 Å². The zero-order valence-corrected chi connectivity index (χ0v) is 20.2. The van der Waals surface area contributed by atoms with Gasteiger partial charge in [0.25, 0.3) is 0 Å². The van der Waals surface area contributed by atoms with Crippen molar-refractivity contribution in [3.63, 3.8) is 0 Å². The second-order valence-corrected chi connectivity index (χ2v) is 8.98. The average molecular weight is 512 g/mol. The van der Waals surface area contributed by atoms with E-state index in [0.717, 1.165) is 0 Å². The van der Waals surface area contributed by atoms with Crippen LogP contribution in [0.4, 0.5) is 10.1 Å². The number of rotatable bonds is 8. The Kier molecular flexibility index (Phi) is 7.00. The van der Waals surface area contributed by atoms with E-state index >= 15 is 0 Å². The van der Waals surface area contributed by atoms with E-state index in [4.69, 9.17) is 14.5 Å². The van der Waals surface area contributed by atoms with Gasteiger partial charge in [0.2, 0.25) is 11.9 Å². The number of pyridine rings is 2. The van der Waals surface area contributed by atoms with Crippen molar-refractivity contribution in [3.8, 4) is 28.0 Å². The average Bonchev–Trinajstić information content (AvgIpc) is 3.23. The van der Waals surface area contributed by atoms with Crippen LogP contribution >= 0.6 is 7.82 Å². The first-order chi connectivity index (χ1) is 17.1. The first-order valence-corrected chi connectivity index (χ1v) is 12.0. The summed E-state index contributed by atoms with van der Waals surface area (Å²) in [4.78, 5) is 39.9. The summed E-state index contributed by atoms with van der Waals surface area (Å²) in [5.74, 6) is -0.474. The number of hydrogen-bond acceptors (Lipinski definition) is 6. The number of carbonyl (C=O) groups excluding carboxylic acids is 1. The number of amides is 1. The Balaban J connectivity index is 1.88. The van der Waals surface area contributed by atoms with Gasteiger partial charge in [-0.2, -0.15) is 4.39 Å². The summed E-state index contributed by atoms with van der Waals surface area (Å²) in [6.45, 7) is 3.04. The molecule has 36 heavy (non-hydrogen) atoms. The van der Waals surface area contributed by atoms with E-state index in [1.807, 2.05) is 0 Å². The van der Waals surface area contributed by atoms with E-state index in [1.54, 1.807) is 49.8 Å². The molecule has 4 aromatic rings. The lowest BCUT2D eigenvalue weighted by Crippen LogP contribution is -2.23. The zero-order chi connectivity index (χ0) is 26.0. The fourth-order valence-corrected chi connectivity index (χ4v) is 3.97. The number of halogens is 1. The second-order valence-electron chi connectivity index (χ2n) is 7.74. The van der Waals surface area contributed by atoms with Crippen LogP contribution in [0.3, 0.4) is 0 Å². The number of anilines is 1. The predicted octanol–water partition coefficient (Wildman–Crippen LogP) is 4.13. The van der Waals surface area contributed by atoms with Crippen LogP contribution in [0.1, 0.15) is 0 Å². The third-order valence-corrected chi connectivity index (χ3v) is 5.92. The van der Waals surface area contributed by atoms with E-state index in [0.29, 0.717) is 44.7 Å². The molecule has 0 bridgehead atoms. The monoisotopic (exact) mass is 512 g/mol. The lowest BCUT2D eigenvalue weighted by molar-refractivity contribution is -0.113. The maximum Gasteiger partial charge on any atom is 0.471 e. The normalized spacial score (nSPS) is 11.5. The van der Waals surface area contributed by atoms with Gasteiger partial charge in [-0.15, -0.1) is 0 Å². The molecule has 4 rings (SSSR count). The number of fused-ring (bicyclic) bond motifs is 1. The van der Waals surface area contributed by atoms with Crippen LogP contribution in [-0.4, -0.2) is 44.4 Å². The summed E-state index contributed by atoms with van der Waals surface area (Å²) in [6, 6.07) is 9.92. The number of nitrogens with zero attached hydrogens (tertiary/aromatic N) is 4. The molecule has 0 unspecified atom stereocenters. The molecule has 0 fully saturated rings. The molecular formula is C24H22FN4O6P. The van der Waals surface area contributed by atoms with Crippen molar-refractivity contribution in [1.82, 2.24) is 14.5 Å². The van der Waals surface area contributed by atoms with Gasteiger partial charge in [0.05, 0.1) is 7.11 Å². The summed E-state index contributed by atoms with van der Waals surface area (Å²) < 4.78 is 36.6. The van der Waals surface area contributed by atoms with Crippen molar-refractivity contribution in [2.75, 3.05) is 19.1 Å². The molecule has 0 aliphatic carbocycles. The standard InChI is InChI=1S/C24H22FN4O6P/c1-4-23(30)28(2)18-7-16(8-19(11-18)34-3)17-9-20-21(15-5-6-26-22(25)10-15)13-29(24(20)27-12-17)14-35-36(31,32)33/h4-13H,1,14H2,2-3H3,(H2,31,32,33). The van der Waals surface area contributed by atoms with Crippen molar-refractivity contribution in [2.45, 2.75) is 6.73 Å². The summed E-state index contributed by atoms with van der Waals surface area (Å²) in [6.07, 6.45) is 5.66. The number of carbonyl (C=O) groups is 1. The molecule has 2 N–H and O–H groups in total. The molecule has 0 atom stereocenters. The van der Waals surface area contributed by atoms with Gasteiger partial charge in [-0.05, 0) is 41.5 Å². The molecular weight excluding hydrogens is 490 g/mol. The highest BCUT2D eigenvalue weighted by atomic mass is 31.2. The summed E-state index contributed by atoms with van der Waals surface area (Å²) in [7, 11) is -1.62. The SMILES string of the molecule is C=CC(=O)N(C)c1cc(OC)cc(-c2cnc3c(c2)c(-c2ccnc(F)c2)cn3COP(=O)(O)O)c1. The molecule has 12 heteroatoms. The number of aromatic nitrogens is 3. The van der Waals surface area contributed by atoms with Crippen molar-refractivity contribution < 1.29 is 32.8 Å². The van der Waals surface area contributed by atoms with Gasteiger partial charge in [-0.25, -0.2) is 14.5 Å². The Morgan fingerprint density at radius 1 is 1.19 bits per heavy atom. The molecule has 1 aromatic carbocycles. The van der Waals surface area contributed by atoms with Crippen molar-refractivity contribution >= 4 is 30.5 Å². The number of phosphoric ester groups is 1. The Hall–Kier alpha value is -3.89. The minimum atomic E-state index is -4.74. The number of methoxy groups -OCH3 is 1. The molecule has 186 valence electrons. The van der Waals surface area contributed by atoms with E-state index < -0.39 is 20.5 Å². The Labute approximate surface area is 205 Å². The highest BCUT2D eigenvalue weighted by Gasteiger charge is 2.19. The van der Waals surface area contributed by atoms with Crippen LogP contribution in [0.5, 0.6) is 5.75 Å². The lowest BCUT2D eigenvalue weighted by Gasteiger charge is -2.18. The molecule has 1 amide bonds. The largest absolute Gasteiger partial charge is 0.497 e. The van der Waals surface area contributed by atoms with Crippen LogP contribution in [0.15, 0.2) is 67.6 Å². The van der Waals surface area contributed by atoms with Crippen LogP contribution in [-0.2, 0) is 20.6 Å². The van der Waals surface area contributed by atoms with Crippen molar-refractivity contribution in [1.29, 1.82) is 0 Å². The van der Waals surface area contributed by atoms with Crippen LogP contribution in [0.25, 0.3) is 33.3 Å². The molecule has 0 aliphatic heterocycles. The molecule has 0 aliphatic rings. The molecule has 0 radical (unpaired) electrons. The van der Waals surface area contributed by atoms with E-state index in [1.165, 1.54) is 34.9 Å². The molecule has 3 heterocycles. The number of phosphoric acid groups is 1. The molecule has 0 saturated carbocycles. The minimum absolute atomic E-state index is 0.299. The van der Waals surface area contributed by atoms with Crippen LogP contribution < -0.4 is 9.64 Å². The van der Waals surface area contributed by atoms with Crippen LogP contribution in [0, 0.1) is 5.95 Å². The maximum absolute atomic E-state index is 13.9. The lowest BCUT2D eigenvalue weighted by atomic mass is 10.0. The molecule has 0 spiro atoms. The Bertz CT molecular complexity index is 1520. The number of ether oxygens (including phenoxy) is 1. The van der Waals surface area contributed by atoms with E-state index in [-0.39, 0.29) is 5.91 Å². The smallest absolute Gasteiger partial charge is 0.471 e. The van der Waals surface area contributed by atoms with Crippen molar-refractivity contribution in [2.24, 2.45) is 0 Å². The number of likely N-dealkylation sites (N-methyl/N-ethyl adjacent to an activating group) is 1. The van der Waals surface area contributed by atoms with Gasteiger partial charge in [0, 0.05) is 60.0 Å². The minimum Gasteiger partial charge on any atom is -0.497 e. The topological polar surface area (TPSA) is 127 Å². The van der Waals surface area contributed by atoms with Gasteiger partial charge in [-0.3, -0.25) is 9.32 Å². The second kappa shape index (κ2) is 10.00. The Morgan fingerprint density at radius 2 is 1.97 bits per heavy atom. The summed E-state index contributed by atoms with van der Waals surface area (Å²) in [5, 5.41) is 0.576. The quantitative estimate of drug-likeness (QED) is 0.205. The Morgan fingerprint density at radius 3 is 2.64 bits per heavy atom. The predicted molar refractivity (Wildman–Crippen MR) is 132 cm³/mol. The molecule has 0 saturated heterocycles. The summed E-state index contributed by atoms with van der Waals surface area (Å²) in [5.41, 5.74) is 3.32. The van der Waals surface area contributed by atoms with Gasteiger partial charge < -0.3 is 24.0 Å². The highest BCUT2D eigenvalue weighted by molar-refractivity contribution is 7.46. The highest BCUT2D eigenvalue weighted by Crippen LogP contribution is 2.39. The van der Waals surface area contributed by atoms with Gasteiger partial charge >= 0.3 is 7.82 Å². The number of benzene rings is 1.